The summed E-state index contributed by atoms with van der Waals surface area (Å²) in [5, 5.41) is 8.09. The van der Waals surface area contributed by atoms with Gasteiger partial charge in [0.05, 0.1) is 6.20 Å². The van der Waals surface area contributed by atoms with E-state index in [4.69, 9.17) is 0 Å². The zero-order valence-electron chi connectivity index (χ0n) is 10.4. The average Bonchev–Trinajstić information content (AvgIpc) is 2.63. The van der Waals surface area contributed by atoms with Crippen LogP contribution in [0, 0.1) is 13.8 Å². The van der Waals surface area contributed by atoms with Gasteiger partial charge in [0.2, 0.25) is 0 Å². The molecule has 2 aromatic heterocycles. The van der Waals surface area contributed by atoms with Gasteiger partial charge < -0.3 is 0 Å². The largest absolute Gasteiger partial charge is 0.210 e. The molecule has 15 heavy (non-hydrogen) atoms. The molecule has 2 heterocycles. The Morgan fingerprint density at radius 1 is 1.07 bits per heavy atom. The highest BCUT2D eigenvalue weighted by Gasteiger charge is 1.98. The normalized spacial score (nSPS) is 8.67. The van der Waals surface area contributed by atoms with Crippen LogP contribution in [0.3, 0.4) is 0 Å². The maximum absolute atomic E-state index is 4.16. The van der Waals surface area contributed by atoms with Crippen molar-refractivity contribution in [2.45, 2.75) is 41.5 Å². The summed E-state index contributed by atoms with van der Waals surface area (Å²) >= 11 is 0. The molecule has 0 aliphatic heterocycles. The Hall–Kier alpha value is -1.45. The molecule has 0 radical (unpaired) electrons. The van der Waals surface area contributed by atoms with Crippen LogP contribution < -0.4 is 0 Å². The van der Waals surface area contributed by atoms with Gasteiger partial charge in [-0.15, -0.1) is 9.73 Å². The summed E-state index contributed by atoms with van der Waals surface area (Å²) in [7, 11) is 0. The van der Waals surface area contributed by atoms with Crippen LogP contribution in [-0.4, -0.2) is 19.8 Å². The van der Waals surface area contributed by atoms with Crippen molar-refractivity contribution in [3.63, 3.8) is 0 Å². The second kappa shape index (κ2) is 6.92. The molecule has 0 saturated heterocycles. The molecule has 4 heteroatoms. The van der Waals surface area contributed by atoms with Gasteiger partial charge in [0.25, 0.3) is 0 Å². The standard InChI is InChI=1S/C7H8N4.2C2H6/c1-5-3-7-9-6(2)10-11(7)8-4-5;2*1-2/h3-4H,1-2H3;2*1-2H3. The predicted molar refractivity (Wildman–Crippen MR) is 63.0 cm³/mol. The van der Waals surface area contributed by atoms with E-state index in [9.17, 15) is 0 Å². The van der Waals surface area contributed by atoms with Crippen molar-refractivity contribution < 1.29 is 0 Å². The summed E-state index contributed by atoms with van der Waals surface area (Å²) in [4.78, 5) is 4.16. The summed E-state index contributed by atoms with van der Waals surface area (Å²) in [5.41, 5.74) is 1.91. The predicted octanol–water partition coefficient (Wildman–Crippen LogP) is 2.79. The molecule has 0 aliphatic rings. The topological polar surface area (TPSA) is 43.1 Å². The Labute approximate surface area is 91.3 Å². The smallest absolute Gasteiger partial charge is 0.176 e. The molecule has 0 N–H and O–H groups in total. The Bertz CT molecular complexity index is 392. The molecule has 2 rings (SSSR count). The summed E-state index contributed by atoms with van der Waals surface area (Å²) in [5.74, 6) is 0.753. The SMILES string of the molecule is CC.CC.Cc1cnn2nc(C)nc2c1. The minimum atomic E-state index is 0.753. The van der Waals surface area contributed by atoms with Crippen LogP contribution in [0.4, 0.5) is 0 Å². The molecule has 0 aromatic carbocycles. The molecule has 0 saturated carbocycles. The molecule has 2 aromatic rings. The van der Waals surface area contributed by atoms with Crippen molar-refractivity contribution in [2.75, 3.05) is 0 Å². The van der Waals surface area contributed by atoms with E-state index in [1.807, 2.05) is 47.6 Å². The maximum atomic E-state index is 4.16. The van der Waals surface area contributed by atoms with Gasteiger partial charge in [0, 0.05) is 0 Å². The first-order valence-electron chi connectivity index (χ1n) is 5.42. The fourth-order valence-electron chi connectivity index (χ4n) is 0.983. The highest BCUT2D eigenvalue weighted by Crippen LogP contribution is 2.00. The molecule has 0 amide bonds. The van der Waals surface area contributed by atoms with Gasteiger partial charge in [-0.05, 0) is 25.5 Å². The Morgan fingerprint density at radius 2 is 1.67 bits per heavy atom. The van der Waals surface area contributed by atoms with Gasteiger partial charge in [-0.1, -0.05) is 27.7 Å². The Morgan fingerprint density at radius 3 is 2.27 bits per heavy atom. The number of aryl methyl sites for hydroxylation is 2. The lowest BCUT2D eigenvalue weighted by molar-refractivity contribution is 0.784. The summed E-state index contributed by atoms with van der Waals surface area (Å²) < 4.78 is 1.53. The van der Waals surface area contributed by atoms with Crippen LogP contribution in [-0.2, 0) is 0 Å². The number of hydrogen-bond acceptors (Lipinski definition) is 3. The van der Waals surface area contributed by atoms with Gasteiger partial charge in [0.15, 0.2) is 5.65 Å². The quantitative estimate of drug-likeness (QED) is 0.668. The van der Waals surface area contributed by atoms with Crippen LogP contribution in [0.2, 0.25) is 0 Å². The fourth-order valence-corrected chi connectivity index (χ4v) is 0.983. The zero-order chi connectivity index (χ0) is 11.8. The first kappa shape index (κ1) is 13.5. The molecule has 4 nitrogen and oxygen atoms in total. The van der Waals surface area contributed by atoms with E-state index in [-0.39, 0.29) is 0 Å². The lowest BCUT2D eigenvalue weighted by atomic mass is 10.3. The number of hydrogen-bond donors (Lipinski definition) is 0. The zero-order valence-corrected chi connectivity index (χ0v) is 10.4. The second-order valence-electron chi connectivity index (χ2n) is 2.54. The van der Waals surface area contributed by atoms with Crippen molar-refractivity contribution >= 4 is 5.65 Å². The number of aromatic nitrogens is 4. The average molecular weight is 208 g/mol. The van der Waals surface area contributed by atoms with Crippen LogP contribution in [0.1, 0.15) is 39.1 Å². The van der Waals surface area contributed by atoms with Crippen molar-refractivity contribution in [2.24, 2.45) is 0 Å². The van der Waals surface area contributed by atoms with Crippen molar-refractivity contribution in [3.05, 3.63) is 23.7 Å². The minimum absolute atomic E-state index is 0.753. The summed E-state index contributed by atoms with van der Waals surface area (Å²) in [6.45, 7) is 11.8. The monoisotopic (exact) mass is 208 g/mol. The molecule has 0 aliphatic carbocycles. The van der Waals surface area contributed by atoms with E-state index < -0.39 is 0 Å². The third-order valence-electron chi connectivity index (χ3n) is 1.45. The van der Waals surface area contributed by atoms with Crippen LogP contribution >= 0.6 is 0 Å². The molecule has 0 atom stereocenters. The van der Waals surface area contributed by atoms with E-state index >= 15 is 0 Å². The lowest BCUT2D eigenvalue weighted by Gasteiger charge is -1.89. The van der Waals surface area contributed by atoms with Crippen molar-refractivity contribution in [1.82, 2.24) is 19.8 Å². The van der Waals surface area contributed by atoms with E-state index in [1.165, 1.54) is 4.63 Å². The van der Waals surface area contributed by atoms with Crippen molar-refractivity contribution in [3.8, 4) is 0 Å². The highest BCUT2D eigenvalue weighted by molar-refractivity contribution is 5.37. The van der Waals surface area contributed by atoms with Gasteiger partial charge in [-0.25, -0.2) is 4.98 Å². The van der Waals surface area contributed by atoms with Gasteiger partial charge in [-0.3, -0.25) is 0 Å². The van der Waals surface area contributed by atoms with E-state index in [1.54, 1.807) is 6.20 Å². The Kier molecular flexibility index (Phi) is 6.25. The van der Waals surface area contributed by atoms with Crippen LogP contribution in [0.15, 0.2) is 12.3 Å². The first-order valence-corrected chi connectivity index (χ1v) is 5.42. The number of nitrogens with zero attached hydrogens (tertiary/aromatic N) is 4. The van der Waals surface area contributed by atoms with Gasteiger partial charge >= 0.3 is 0 Å². The van der Waals surface area contributed by atoms with E-state index in [0.29, 0.717) is 0 Å². The molecular weight excluding hydrogens is 188 g/mol. The van der Waals surface area contributed by atoms with E-state index in [2.05, 4.69) is 15.2 Å². The fraction of sp³-hybridized carbons (Fsp3) is 0.545. The third kappa shape index (κ3) is 3.65. The van der Waals surface area contributed by atoms with Crippen LogP contribution in [0.5, 0.6) is 0 Å². The number of rotatable bonds is 0. The molecule has 84 valence electrons. The van der Waals surface area contributed by atoms with E-state index in [0.717, 1.165) is 17.0 Å². The third-order valence-corrected chi connectivity index (χ3v) is 1.45. The lowest BCUT2D eigenvalue weighted by Crippen LogP contribution is -1.93. The molecule has 0 fully saturated rings. The molecular formula is C11H20N4. The first-order chi connectivity index (χ1) is 7.25. The second-order valence-corrected chi connectivity index (χ2v) is 2.54. The maximum Gasteiger partial charge on any atom is 0.176 e. The van der Waals surface area contributed by atoms with Gasteiger partial charge in [-0.2, -0.15) is 5.10 Å². The Balaban J connectivity index is 0.000000442. The van der Waals surface area contributed by atoms with Crippen molar-refractivity contribution in [1.29, 1.82) is 0 Å². The molecule has 0 bridgehead atoms. The molecule has 0 spiro atoms. The van der Waals surface area contributed by atoms with Gasteiger partial charge in [0.1, 0.15) is 5.82 Å². The summed E-state index contributed by atoms with van der Waals surface area (Å²) in [6, 6.07) is 1.95. The number of fused-ring (bicyclic) bond motifs is 1. The highest BCUT2D eigenvalue weighted by atomic mass is 15.4. The summed E-state index contributed by atoms with van der Waals surface area (Å²) in [6.07, 6.45) is 1.76. The van der Waals surface area contributed by atoms with Crippen LogP contribution in [0.25, 0.3) is 5.65 Å². The molecule has 0 unspecified atom stereocenters. The minimum Gasteiger partial charge on any atom is -0.210 e.